The van der Waals surface area contributed by atoms with E-state index in [-0.39, 0.29) is 12.2 Å². The summed E-state index contributed by atoms with van der Waals surface area (Å²) in [5, 5.41) is -6.66. The predicted octanol–water partition coefficient (Wildman–Crippen LogP) is 2.06. The lowest BCUT2D eigenvalue weighted by atomic mass is 10.6. The van der Waals surface area contributed by atoms with Crippen LogP contribution in [0.3, 0.4) is 0 Å². The lowest BCUT2D eigenvalue weighted by molar-refractivity contribution is -0.438. The molecular weight excluding hydrogens is 501 g/mol. The number of imide groups is 1. The summed E-state index contributed by atoms with van der Waals surface area (Å²) in [6, 6.07) is 0. The Morgan fingerprint density at radius 2 is 1.25 bits per heavy atom. The van der Waals surface area contributed by atoms with Crippen molar-refractivity contribution in [3.63, 3.8) is 0 Å². The molecule has 0 aromatic carbocycles. The van der Waals surface area contributed by atoms with Crippen molar-refractivity contribution in [1.29, 1.82) is 0 Å². The van der Waals surface area contributed by atoms with Crippen LogP contribution in [0.15, 0.2) is 12.2 Å². The number of halogens is 9. The fourth-order valence-corrected chi connectivity index (χ4v) is 2.44. The monoisotopic (exact) mass is 503 g/mol. The molecule has 0 aliphatic carbocycles. The SMILES string of the molecule is O=C1C=CC(=O)N1S(=O)(=O)C(F)(F)C(F)(F)OC(F)(F)C(F)(F)I. The maximum Gasteiger partial charge on any atom is 0.454 e. The zero-order valence-electron chi connectivity index (χ0n) is 10.5. The van der Waals surface area contributed by atoms with Crippen LogP contribution in [0.4, 0.5) is 35.1 Å². The second-order valence-corrected chi connectivity index (χ2v) is 7.11. The standard InChI is InChI=1S/C8H2F8INO5S/c9-5(10,17)6(11,12)23-7(13,14)8(15,16)24(21,22)18-3(19)1-2-4(18)20/h1-2H. The summed E-state index contributed by atoms with van der Waals surface area (Å²) in [7, 11) is -6.93. The minimum absolute atomic E-state index is 0.114. The number of rotatable bonds is 6. The summed E-state index contributed by atoms with van der Waals surface area (Å²) in [5.74, 6) is -4.00. The first-order valence-electron chi connectivity index (χ1n) is 5.10. The van der Waals surface area contributed by atoms with Crippen molar-refractivity contribution >= 4 is 44.4 Å². The average Bonchev–Trinajstić information content (AvgIpc) is 2.66. The van der Waals surface area contributed by atoms with Crippen LogP contribution >= 0.6 is 22.6 Å². The van der Waals surface area contributed by atoms with Gasteiger partial charge in [0.1, 0.15) is 0 Å². The molecular formula is C8H2F8INO5S. The maximum atomic E-state index is 13.5. The molecule has 0 fully saturated rings. The molecule has 24 heavy (non-hydrogen) atoms. The molecule has 16 heteroatoms. The molecule has 0 spiro atoms. The van der Waals surface area contributed by atoms with Crippen LogP contribution in [0.25, 0.3) is 0 Å². The minimum atomic E-state index is -6.93. The molecule has 1 rings (SSSR count). The topological polar surface area (TPSA) is 80.8 Å². The third-order valence-electron chi connectivity index (χ3n) is 2.26. The zero-order valence-corrected chi connectivity index (χ0v) is 13.4. The highest BCUT2D eigenvalue weighted by molar-refractivity contribution is 14.1. The number of carbonyl (C=O) groups excluding carboxylic acids is 2. The molecule has 0 saturated heterocycles. The first-order chi connectivity index (χ1) is 10.4. The second-order valence-electron chi connectivity index (χ2n) is 3.93. The zero-order chi connectivity index (χ0) is 19.4. The molecule has 1 aliphatic rings. The normalized spacial score (nSPS) is 17.8. The maximum absolute atomic E-state index is 13.5. The van der Waals surface area contributed by atoms with Gasteiger partial charge in [0.15, 0.2) is 0 Å². The van der Waals surface area contributed by atoms with Crippen molar-refractivity contribution in [2.24, 2.45) is 0 Å². The Kier molecular flexibility index (Phi) is 5.03. The summed E-state index contributed by atoms with van der Waals surface area (Å²) in [6.07, 6.45) is -12.7. The van der Waals surface area contributed by atoms with Crippen LogP contribution in [0, 0.1) is 0 Å². The molecule has 0 N–H and O–H groups in total. The van der Waals surface area contributed by atoms with Gasteiger partial charge in [-0.2, -0.15) is 47.8 Å². The number of nitrogens with zero attached hydrogens (tertiary/aromatic N) is 1. The molecule has 0 aromatic rings. The van der Waals surface area contributed by atoms with Gasteiger partial charge in [0, 0.05) is 34.7 Å². The Hall–Kier alpha value is -1.04. The third kappa shape index (κ3) is 3.22. The lowest BCUT2D eigenvalue weighted by Gasteiger charge is -2.31. The van der Waals surface area contributed by atoms with E-state index < -0.39 is 70.1 Å². The van der Waals surface area contributed by atoms with Crippen molar-refractivity contribution in [3.8, 4) is 0 Å². The van der Waals surface area contributed by atoms with Gasteiger partial charge in [0.2, 0.25) is 0 Å². The van der Waals surface area contributed by atoms with Gasteiger partial charge in [0.25, 0.3) is 11.8 Å². The number of amides is 2. The van der Waals surface area contributed by atoms with Crippen LogP contribution in [0.2, 0.25) is 0 Å². The van der Waals surface area contributed by atoms with Gasteiger partial charge in [-0.25, -0.2) is 4.74 Å². The highest BCUT2D eigenvalue weighted by Crippen LogP contribution is 2.49. The van der Waals surface area contributed by atoms with Crippen LogP contribution < -0.4 is 0 Å². The van der Waals surface area contributed by atoms with E-state index in [0.29, 0.717) is 0 Å². The molecule has 0 aromatic heterocycles. The van der Waals surface area contributed by atoms with E-state index in [1.54, 1.807) is 0 Å². The second kappa shape index (κ2) is 5.75. The van der Waals surface area contributed by atoms with Crippen molar-refractivity contribution in [1.82, 2.24) is 4.31 Å². The summed E-state index contributed by atoms with van der Waals surface area (Å²) in [4.78, 5) is 22.0. The van der Waals surface area contributed by atoms with Crippen LogP contribution in [0.5, 0.6) is 0 Å². The van der Waals surface area contributed by atoms with Crippen LogP contribution in [-0.2, 0) is 24.3 Å². The first-order valence-corrected chi connectivity index (χ1v) is 7.61. The average molecular weight is 503 g/mol. The number of hydrogen-bond acceptors (Lipinski definition) is 5. The lowest BCUT2D eigenvalue weighted by Crippen LogP contribution is -2.59. The molecule has 0 atom stereocenters. The number of carbonyl (C=O) groups is 2. The largest absolute Gasteiger partial charge is 0.454 e. The molecule has 6 nitrogen and oxygen atoms in total. The van der Waals surface area contributed by atoms with E-state index in [9.17, 15) is 53.1 Å². The number of sulfonamides is 1. The summed E-state index contributed by atoms with van der Waals surface area (Å²) < 4.78 is 122. The summed E-state index contributed by atoms with van der Waals surface area (Å²) >= 11 is -0.412. The Labute approximate surface area is 140 Å². The molecule has 0 radical (unpaired) electrons. The van der Waals surface area contributed by atoms with Crippen molar-refractivity contribution in [2.75, 3.05) is 0 Å². The smallest absolute Gasteiger partial charge is 0.268 e. The van der Waals surface area contributed by atoms with Gasteiger partial charge < -0.3 is 0 Å². The minimum Gasteiger partial charge on any atom is -0.268 e. The Bertz CT molecular complexity index is 682. The van der Waals surface area contributed by atoms with Crippen molar-refractivity contribution in [2.45, 2.75) is 21.4 Å². The Morgan fingerprint density at radius 3 is 1.58 bits per heavy atom. The molecule has 1 aliphatic heterocycles. The number of hydrogen-bond donors (Lipinski definition) is 0. The van der Waals surface area contributed by atoms with Gasteiger partial charge in [-0.3, -0.25) is 9.59 Å². The highest BCUT2D eigenvalue weighted by Gasteiger charge is 2.75. The summed E-state index contributed by atoms with van der Waals surface area (Å²) in [6.45, 7) is 0. The van der Waals surface area contributed by atoms with Gasteiger partial charge in [0.05, 0.1) is 0 Å². The number of ether oxygens (including phenoxy) is 1. The summed E-state index contributed by atoms with van der Waals surface area (Å²) in [5.41, 5.74) is 0. The van der Waals surface area contributed by atoms with Crippen LogP contribution in [-0.4, -0.2) is 45.9 Å². The van der Waals surface area contributed by atoms with E-state index in [1.165, 1.54) is 0 Å². The van der Waals surface area contributed by atoms with E-state index in [2.05, 4.69) is 0 Å². The quantitative estimate of drug-likeness (QED) is 0.240. The molecule has 0 unspecified atom stereocenters. The molecule has 1 heterocycles. The molecule has 0 saturated carbocycles. The fraction of sp³-hybridized carbons (Fsp3) is 0.500. The van der Waals surface area contributed by atoms with Gasteiger partial charge >= 0.3 is 31.4 Å². The van der Waals surface area contributed by atoms with Crippen molar-refractivity contribution < 1.29 is 57.9 Å². The molecule has 138 valence electrons. The van der Waals surface area contributed by atoms with Gasteiger partial charge in [-0.05, 0) is 0 Å². The first kappa shape index (κ1) is 21.0. The van der Waals surface area contributed by atoms with Crippen molar-refractivity contribution in [3.05, 3.63) is 12.2 Å². The van der Waals surface area contributed by atoms with E-state index in [4.69, 9.17) is 0 Å². The van der Waals surface area contributed by atoms with E-state index >= 15 is 0 Å². The fourth-order valence-electron chi connectivity index (χ4n) is 1.17. The Morgan fingerprint density at radius 1 is 0.875 bits per heavy atom. The Balaban J connectivity index is 3.31. The highest BCUT2D eigenvalue weighted by atomic mass is 127. The molecule has 0 bridgehead atoms. The predicted molar refractivity (Wildman–Crippen MR) is 64.8 cm³/mol. The number of alkyl halides is 9. The van der Waals surface area contributed by atoms with E-state index in [0.717, 1.165) is 0 Å². The van der Waals surface area contributed by atoms with Crippen LogP contribution in [0.1, 0.15) is 0 Å². The molecule has 2 amide bonds. The van der Waals surface area contributed by atoms with Gasteiger partial charge in [-0.15, -0.1) is 0 Å². The van der Waals surface area contributed by atoms with E-state index in [1.807, 2.05) is 4.74 Å². The van der Waals surface area contributed by atoms with Gasteiger partial charge in [-0.1, -0.05) is 0 Å². The third-order valence-corrected chi connectivity index (χ3v) is 4.61.